The van der Waals surface area contributed by atoms with Crippen LogP contribution in [0.1, 0.15) is 19.8 Å². The number of methoxy groups -OCH3 is 1. The highest BCUT2D eigenvalue weighted by atomic mass is 32.2. The van der Waals surface area contributed by atoms with Gasteiger partial charge in [-0.15, -0.1) is 0 Å². The first-order valence-electron chi connectivity index (χ1n) is 7.14. The average Bonchev–Trinajstić information content (AvgIpc) is 2.54. The maximum Gasteiger partial charge on any atom is 0.310 e. The molecule has 116 valence electrons. The molecule has 0 amide bonds. The number of benzene rings is 1. The number of rotatable bonds is 4. The lowest BCUT2D eigenvalue weighted by Crippen LogP contribution is -2.39. The molecule has 1 aliphatic heterocycles. The zero-order valence-electron chi connectivity index (χ0n) is 12.4. The van der Waals surface area contributed by atoms with Crippen molar-refractivity contribution in [3.63, 3.8) is 0 Å². The van der Waals surface area contributed by atoms with Crippen LogP contribution in [-0.2, 0) is 19.4 Å². The number of ether oxygens (including phenoxy) is 1. The van der Waals surface area contributed by atoms with E-state index in [1.165, 1.54) is 7.11 Å². The summed E-state index contributed by atoms with van der Waals surface area (Å²) < 4.78 is 29.2. The third-order valence-corrected chi connectivity index (χ3v) is 5.65. The minimum atomic E-state index is -3.28. The van der Waals surface area contributed by atoms with E-state index in [1.54, 1.807) is 19.1 Å². The summed E-state index contributed by atoms with van der Waals surface area (Å²) in [5.41, 5.74) is 0.688. The molecule has 1 fully saturated rings. The predicted molar refractivity (Wildman–Crippen MR) is 81.1 cm³/mol. The average molecular weight is 311 g/mol. The van der Waals surface area contributed by atoms with E-state index in [-0.39, 0.29) is 17.6 Å². The van der Waals surface area contributed by atoms with Crippen LogP contribution in [-0.4, -0.2) is 40.3 Å². The molecule has 0 bridgehead atoms. The second kappa shape index (κ2) is 6.47. The monoisotopic (exact) mass is 311 g/mol. The Kier molecular flexibility index (Phi) is 4.88. The highest BCUT2D eigenvalue weighted by Gasteiger charge is 2.29. The van der Waals surface area contributed by atoms with Gasteiger partial charge in [0.05, 0.1) is 29.4 Å². The Hall–Kier alpha value is -1.56. The van der Waals surface area contributed by atoms with E-state index in [0.717, 1.165) is 19.4 Å². The molecule has 0 aromatic heterocycles. The van der Waals surface area contributed by atoms with Crippen molar-refractivity contribution in [2.75, 3.05) is 30.9 Å². The van der Waals surface area contributed by atoms with Crippen LogP contribution in [0.4, 0.5) is 5.69 Å². The summed E-state index contributed by atoms with van der Waals surface area (Å²) in [6.45, 7) is 2.90. The summed E-state index contributed by atoms with van der Waals surface area (Å²) in [4.78, 5) is 14.0. The largest absolute Gasteiger partial charge is 0.469 e. The fourth-order valence-corrected chi connectivity index (χ4v) is 3.80. The highest BCUT2D eigenvalue weighted by Crippen LogP contribution is 2.30. The molecule has 1 aromatic carbocycles. The highest BCUT2D eigenvalue weighted by molar-refractivity contribution is 7.91. The summed E-state index contributed by atoms with van der Waals surface area (Å²) in [5.74, 6) is -0.352. The molecule has 1 heterocycles. The normalized spacial score (nSPS) is 19.3. The van der Waals surface area contributed by atoms with Crippen molar-refractivity contribution in [3.05, 3.63) is 24.3 Å². The van der Waals surface area contributed by atoms with Gasteiger partial charge in [0.15, 0.2) is 9.84 Å². The van der Waals surface area contributed by atoms with Gasteiger partial charge in [0.1, 0.15) is 0 Å². The second-order valence-corrected chi connectivity index (χ2v) is 7.43. The zero-order valence-corrected chi connectivity index (χ0v) is 13.2. The molecule has 1 aliphatic rings. The van der Waals surface area contributed by atoms with Gasteiger partial charge in [0.25, 0.3) is 0 Å². The standard InChI is InChI=1S/C15H21NO4S/c1-3-21(18,19)14-9-5-4-8-13(14)16-10-6-7-12(11-16)15(17)20-2/h4-5,8-9,12H,3,6-7,10-11H2,1-2H3. The molecule has 1 saturated heterocycles. The summed E-state index contributed by atoms with van der Waals surface area (Å²) in [7, 11) is -1.89. The quantitative estimate of drug-likeness (QED) is 0.794. The first-order chi connectivity index (χ1) is 9.99. The molecule has 0 N–H and O–H groups in total. The minimum absolute atomic E-state index is 0.0677. The van der Waals surface area contributed by atoms with Crippen LogP contribution < -0.4 is 4.90 Å². The van der Waals surface area contributed by atoms with Crippen LogP contribution in [0.15, 0.2) is 29.2 Å². The molecule has 0 aliphatic carbocycles. The van der Waals surface area contributed by atoms with Crippen molar-refractivity contribution in [2.45, 2.75) is 24.7 Å². The van der Waals surface area contributed by atoms with E-state index in [4.69, 9.17) is 4.74 Å². The Morgan fingerprint density at radius 1 is 1.38 bits per heavy atom. The summed E-state index contributed by atoms with van der Waals surface area (Å²) in [5, 5.41) is 0. The molecule has 1 aromatic rings. The van der Waals surface area contributed by atoms with E-state index < -0.39 is 9.84 Å². The van der Waals surface area contributed by atoms with Crippen molar-refractivity contribution < 1.29 is 17.9 Å². The molecular formula is C15H21NO4S. The van der Waals surface area contributed by atoms with Crippen molar-refractivity contribution >= 4 is 21.5 Å². The van der Waals surface area contributed by atoms with E-state index in [2.05, 4.69) is 0 Å². The van der Waals surface area contributed by atoms with Crippen LogP contribution in [0, 0.1) is 5.92 Å². The summed E-state index contributed by atoms with van der Waals surface area (Å²) in [6.07, 6.45) is 1.63. The van der Waals surface area contributed by atoms with E-state index in [1.807, 2.05) is 17.0 Å². The van der Waals surface area contributed by atoms with Gasteiger partial charge in [-0.3, -0.25) is 4.79 Å². The van der Waals surface area contributed by atoms with E-state index in [0.29, 0.717) is 17.1 Å². The van der Waals surface area contributed by atoms with E-state index in [9.17, 15) is 13.2 Å². The summed E-state index contributed by atoms with van der Waals surface area (Å²) >= 11 is 0. The number of esters is 1. The zero-order chi connectivity index (χ0) is 15.5. The molecule has 0 spiro atoms. The molecule has 6 heteroatoms. The van der Waals surface area contributed by atoms with Crippen LogP contribution >= 0.6 is 0 Å². The number of hydrogen-bond acceptors (Lipinski definition) is 5. The first-order valence-corrected chi connectivity index (χ1v) is 8.79. The molecular weight excluding hydrogens is 290 g/mol. The molecule has 1 atom stereocenters. The number of carbonyl (C=O) groups is 1. The molecule has 21 heavy (non-hydrogen) atoms. The third-order valence-electron chi connectivity index (χ3n) is 3.88. The third kappa shape index (κ3) is 3.37. The van der Waals surface area contributed by atoms with Crippen molar-refractivity contribution in [2.24, 2.45) is 5.92 Å². The Morgan fingerprint density at radius 3 is 2.76 bits per heavy atom. The van der Waals surface area contributed by atoms with Crippen LogP contribution in [0.5, 0.6) is 0 Å². The maximum absolute atomic E-state index is 12.2. The Bertz CT molecular complexity index is 612. The number of carbonyl (C=O) groups excluding carboxylic acids is 1. The molecule has 1 unspecified atom stereocenters. The van der Waals surface area contributed by atoms with Crippen molar-refractivity contribution in [1.82, 2.24) is 0 Å². The van der Waals surface area contributed by atoms with Crippen LogP contribution in [0.2, 0.25) is 0 Å². The fourth-order valence-electron chi connectivity index (χ4n) is 2.69. The number of anilines is 1. The maximum atomic E-state index is 12.2. The number of nitrogens with zero attached hydrogens (tertiary/aromatic N) is 1. The molecule has 0 radical (unpaired) electrons. The Balaban J connectivity index is 2.32. The molecule has 5 nitrogen and oxygen atoms in total. The van der Waals surface area contributed by atoms with E-state index >= 15 is 0 Å². The predicted octanol–water partition coefficient (Wildman–Crippen LogP) is 1.87. The number of piperidine rings is 1. The minimum Gasteiger partial charge on any atom is -0.469 e. The van der Waals surface area contributed by atoms with Crippen LogP contribution in [0.3, 0.4) is 0 Å². The second-order valence-electron chi connectivity index (χ2n) is 5.18. The van der Waals surface area contributed by atoms with Gasteiger partial charge >= 0.3 is 5.97 Å². The Morgan fingerprint density at radius 2 is 2.10 bits per heavy atom. The topological polar surface area (TPSA) is 63.7 Å². The van der Waals surface area contributed by atoms with Gasteiger partial charge in [-0.1, -0.05) is 19.1 Å². The lowest BCUT2D eigenvalue weighted by atomic mass is 9.98. The van der Waals surface area contributed by atoms with Gasteiger partial charge in [-0.05, 0) is 25.0 Å². The molecule has 0 saturated carbocycles. The molecule has 2 rings (SSSR count). The SMILES string of the molecule is CCS(=O)(=O)c1ccccc1N1CCCC(C(=O)OC)C1. The fraction of sp³-hybridized carbons (Fsp3) is 0.533. The van der Waals surface area contributed by atoms with Crippen molar-refractivity contribution in [3.8, 4) is 0 Å². The van der Waals surface area contributed by atoms with Gasteiger partial charge in [0, 0.05) is 13.1 Å². The van der Waals surface area contributed by atoms with Gasteiger partial charge < -0.3 is 9.64 Å². The Labute approximate surface area is 125 Å². The first kappa shape index (κ1) is 15.8. The smallest absolute Gasteiger partial charge is 0.310 e. The van der Waals surface area contributed by atoms with Crippen molar-refractivity contribution in [1.29, 1.82) is 0 Å². The number of sulfone groups is 1. The summed E-state index contributed by atoms with van der Waals surface area (Å²) in [6, 6.07) is 7.00. The number of hydrogen-bond donors (Lipinski definition) is 0. The lowest BCUT2D eigenvalue weighted by molar-refractivity contribution is -0.145. The number of para-hydroxylation sites is 1. The lowest BCUT2D eigenvalue weighted by Gasteiger charge is -2.34. The van der Waals surface area contributed by atoms with Crippen LogP contribution in [0.25, 0.3) is 0 Å². The van der Waals surface area contributed by atoms with Gasteiger partial charge in [0.2, 0.25) is 0 Å². The van der Waals surface area contributed by atoms with Gasteiger partial charge in [-0.25, -0.2) is 8.42 Å². The van der Waals surface area contributed by atoms with Gasteiger partial charge in [-0.2, -0.15) is 0 Å².